The SMILES string of the molecule is COC(=O)C(C)COc1cccc(O)c1. The van der Waals surface area contributed by atoms with Crippen molar-refractivity contribution >= 4 is 5.97 Å². The lowest BCUT2D eigenvalue weighted by Crippen LogP contribution is -2.19. The van der Waals surface area contributed by atoms with E-state index in [-0.39, 0.29) is 24.2 Å². The second kappa shape index (κ2) is 5.24. The molecule has 1 aromatic rings. The quantitative estimate of drug-likeness (QED) is 0.766. The molecule has 1 N–H and O–H groups in total. The Bertz CT molecular complexity index is 335. The van der Waals surface area contributed by atoms with Gasteiger partial charge < -0.3 is 14.6 Å². The predicted molar refractivity (Wildman–Crippen MR) is 54.8 cm³/mol. The van der Waals surface area contributed by atoms with Gasteiger partial charge >= 0.3 is 5.97 Å². The largest absolute Gasteiger partial charge is 0.508 e. The van der Waals surface area contributed by atoms with E-state index < -0.39 is 0 Å². The van der Waals surface area contributed by atoms with Crippen molar-refractivity contribution < 1.29 is 19.4 Å². The van der Waals surface area contributed by atoms with Gasteiger partial charge in [0.15, 0.2) is 0 Å². The van der Waals surface area contributed by atoms with E-state index in [1.807, 2.05) is 0 Å². The van der Waals surface area contributed by atoms with Gasteiger partial charge in [-0.3, -0.25) is 4.79 Å². The summed E-state index contributed by atoms with van der Waals surface area (Å²) in [6, 6.07) is 6.43. The first-order valence-electron chi connectivity index (χ1n) is 4.63. The molecule has 15 heavy (non-hydrogen) atoms. The molecular formula is C11H14O4. The molecule has 0 spiro atoms. The third-order valence-electron chi connectivity index (χ3n) is 1.92. The van der Waals surface area contributed by atoms with Crippen LogP contribution in [0.3, 0.4) is 0 Å². The highest BCUT2D eigenvalue weighted by molar-refractivity contribution is 5.71. The molecular weight excluding hydrogens is 196 g/mol. The number of aromatic hydroxyl groups is 1. The molecule has 0 aliphatic rings. The van der Waals surface area contributed by atoms with Crippen LogP contribution in [0.4, 0.5) is 0 Å². The maximum Gasteiger partial charge on any atom is 0.311 e. The standard InChI is InChI=1S/C11H14O4/c1-8(11(13)14-2)7-15-10-5-3-4-9(12)6-10/h3-6,8,12H,7H2,1-2H3. The van der Waals surface area contributed by atoms with Crippen molar-refractivity contribution in [3.8, 4) is 11.5 Å². The number of rotatable bonds is 4. The van der Waals surface area contributed by atoms with E-state index in [0.717, 1.165) is 0 Å². The van der Waals surface area contributed by atoms with Gasteiger partial charge in [-0.05, 0) is 19.1 Å². The van der Waals surface area contributed by atoms with Crippen molar-refractivity contribution in [2.75, 3.05) is 13.7 Å². The fourth-order valence-electron chi connectivity index (χ4n) is 1.06. The molecule has 0 aliphatic heterocycles. The summed E-state index contributed by atoms with van der Waals surface area (Å²) in [5.41, 5.74) is 0. The highest BCUT2D eigenvalue weighted by atomic mass is 16.5. The highest BCUT2D eigenvalue weighted by Crippen LogP contribution is 2.18. The zero-order valence-electron chi connectivity index (χ0n) is 8.77. The van der Waals surface area contributed by atoms with Crippen LogP contribution < -0.4 is 4.74 Å². The van der Waals surface area contributed by atoms with E-state index in [9.17, 15) is 4.79 Å². The summed E-state index contributed by atoms with van der Waals surface area (Å²) in [5, 5.41) is 9.16. The average molecular weight is 210 g/mol. The summed E-state index contributed by atoms with van der Waals surface area (Å²) in [7, 11) is 1.34. The van der Waals surface area contributed by atoms with Crippen molar-refractivity contribution in [3.05, 3.63) is 24.3 Å². The first kappa shape index (κ1) is 11.4. The maximum absolute atomic E-state index is 11.0. The Morgan fingerprint density at radius 1 is 1.53 bits per heavy atom. The lowest BCUT2D eigenvalue weighted by atomic mass is 10.2. The number of benzene rings is 1. The molecule has 1 aromatic carbocycles. The first-order chi connectivity index (χ1) is 7.13. The second-order valence-corrected chi connectivity index (χ2v) is 3.23. The number of hydrogen-bond donors (Lipinski definition) is 1. The minimum atomic E-state index is -0.322. The van der Waals surface area contributed by atoms with Crippen LogP contribution in [0.2, 0.25) is 0 Å². The number of hydrogen-bond acceptors (Lipinski definition) is 4. The highest BCUT2D eigenvalue weighted by Gasteiger charge is 2.13. The summed E-state index contributed by atoms with van der Waals surface area (Å²) >= 11 is 0. The van der Waals surface area contributed by atoms with Crippen molar-refractivity contribution in [1.82, 2.24) is 0 Å². The van der Waals surface area contributed by atoms with Gasteiger partial charge in [0.2, 0.25) is 0 Å². The molecule has 1 atom stereocenters. The molecule has 0 heterocycles. The van der Waals surface area contributed by atoms with Crippen LogP contribution in [-0.4, -0.2) is 24.8 Å². The Hall–Kier alpha value is -1.71. The molecule has 0 bridgehead atoms. The van der Waals surface area contributed by atoms with Gasteiger partial charge in [0, 0.05) is 6.07 Å². The monoisotopic (exact) mass is 210 g/mol. The van der Waals surface area contributed by atoms with Crippen molar-refractivity contribution in [2.45, 2.75) is 6.92 Å². The zero-order valence-corrected chi connectivity index (χ0v) is 8.77. The first-order valence-corrected chi connectivity index (χ1v) is 4.63. The van der Waals surface area contributed by atoms with Crippen LogP contribution >= 0.6 is 0 Å². The molecule has 0 saturated heterocycles. The lowest BCUT2D eigenvalue weighted by molar-refractivity contribution is -0.145. The third-order valence-corrected chi connectivity index (χ3v) is 1.92. The summed E-state index contributed by atoms with van der Waals surface area (Å²) in [6.07, 6.45) is 0. The number of ether oxygens (including phenoxy) is 2. The van der Waals surface area contributed by atoms with Gasteiger partial charge in [-0.25, -0.2) is 0 Å². The number of carbonyl (C=O) groups excluding carboxylic acids is 1. The van der Waals surface area contributed by atoms with E-state index >= 15 is 0 Å². The van der Waals surface area contributed by atoms with Gasteiger partial charge in [0.25, 0.3) is 0 Å². The zero-order chi connectivity index (χ0) is 11.3. The molecule has 0 aliphatic carbocycles. The van der Waals surface area contributed by atoms with Crippen LogP contribution in [0.5, 0.6) is 11.5 Å². The fourth-order valence-corrected chi connectivity index (χ4v) is 1.06. The molecule has 0 radical (unpaired) electrons. The Labute approximate surface area is 88.4 Å². The second-order valence-electron chi connectivity index (χ2n) is 3.23. The molecule has 0 fully saturated rings. The number of phenolic OH excluding ortho intramolecular Hbond substituents is 1. The number of carbonyl (C=O) groups is 1. The summed E-state index contributed by atoms with van der Waals surface area (Å²) < 4.78 is 9.87. The van der Waals surface area contributed by atoms with Crippen LogP contribution in [-0.2, 0) is 9.53 Å². The van der Waals surface area contributed by atoms with Crippen molar-refractivity contribution in [3.63, 3.8) is 0 Å². The van der Waals surface area contributed by atoms with Gasteiger partial charge in [-0.2, -0.15) is 0 Å². The molecule has 0 aromatic heterocycles. The smallest absolute Gasteiger partial charge is 0.311 e. The van der Waals surface area contributed by atoms with Crippen LogP contribution in [0, 0.1) is 5.92 Å². The molecule has 82 valence electrons. The Morgan fingerprint density at radius 3 is 2.87 bits per heavy atom. The van der Waals surface area contributed by atoms with Crippen molar-refractivity contribution in [1.29, 1.82) is 0 Å². The van der Waals surface area contributed by atoms with Gasteiger partial charge in [-0.1, -0.05) is 6.07 Å². The van der Waals surface area contributed by atoms with Gasteiger partial charge in [0.05, 0.1) is 13.0 Å². The topological polar surface area (TPSA) is 55.8 Å². The third kappa shape index (κ3) is 3.50. The molecule has 1 unspecified atom stereocenters. The van der Waals surface area contributed by atoms with Crippen LogP contribution in [0.1, 0.15) is 6.92 Å². The van der Waals surface area contributed by atoms with Crippen molar-refractivity contribution in [2.24, 2.45) is 5.92 Å². The van der Waals surface area contributed by atoms with E-state index in [1.54, 1.807) is 25.1 Å². The van der Waals surface area contributed by atoms with E-state index in [2.05, 4.69) is 4.74 Å². The van der Waals surface area contributed by atoms with Crippen LogP contribution in [0.15, 0.2) is 24.3 Å². The number of methoxy groups -OCH3 is 1. The van der Waals surface area contributed by atoms with E-state index in [1.165, 1.54) is 13.2 Å². The predicted octanol–water partition coefficient (Wildman–Crippen LogP) is 1.58. The Balaban J connectivity index is 2.47. The van der Waals surface area contributed by atoms with E-state index in [0.29, 0.717) is 5.75 Å². The van der Waals surface area contributed by atoms with Crippen LogP contribution in [0.25, 0.3) is 0 Å². The maximum atomic E-state index is 11.0. The summed E-state index contributed by atoms with van der Waals surface area (Å²) in [5.74, 6) is 0.0384. The Kier molecular flexibility index (Phi) is 3.97. The lowest BCUT2D eigenvalue weighted by Gasteiger charge is -2.10. The molecule has 0 saturated carbocycles. The normalized spacial score (nSPS) is 11.9. The number of phenols is 1. The van der Waals surface area contributed by atoms with Gasteiger partial charge in [0.1, 0.15) is 18.1 Å². The molecule has 4 heteroatoms. The minimum absolute atomic E-state index is 0.137. The minimum Gasteiger partial charge on any atom is -0.508 e. The number of esters is 1. The van der Waals surface area contributed by atoms with E-state index in [4.69, 9.17) is 9.84 Å². The van der Waals surface area contributed by atoms with Gasteiger partial charge in [-0.15, -0.1) is 0 Å². The molecule has 4 nitrogen and oxygen atoms in total. The fraction of sp³-hybridized carbons (Fsp3) is 0.364. The average Bonchev–Trinajstić information content (AvgIpc) is 2.25. The Morgan fingerprint density at radius 2 is 2.27 bits per heavy atom. The summed E-state index contributed by atoms with van der Waals surface area (Å²) in [6.45, 7) is 1.95. The summed E-state index contributed by atoms with van der Waals surface area (Å²) in [4.78, 5) is 11.0. The molecule has 1 rings (SSSR count). The molecule has 0 amide bonds.